The molecule has 1 aliphatic rings. The summed E-state index contributed by atoms with van der Waals surface area (Å²) in [6.07, 6.45) is 0.641. The molecule has 0 aromatic heterocycles. The van der Waals surface area contributed by atoms with E-state index in [-0.39, 0.29) is 12.6 Å². The Kier molecular flexibility index (Phi) is 4.24. The molecule has 0 radical (unpaired) electrons. The van der Waals surface area contributed by atoms with E-state index in [0.29, 0.717) is 24.4 Å². The van der Waals surface area contributed by atoms with Crippen LogP contribution in [0.3, 0.4) is 0 Å². The lowest BCUT2D eigenvalue weighted by Crippen LogP contribution is -2.45. The minimum atomic E-state index is -0.849. The molecular weight excluding hydrogens is 246 g/mol. The van der Waals surface area contributed by atoms with E-state index < -0.39 is 5.60 Å². The van der Waals surface area contributed by atoms with Gasteiger partial charge >= 0.3 is 6.03 Å². The average Bonchev–Trinajstić information content (AvgIpc) is 2.85. The third-order valence-electron chi connectivity index (χ3n) is 3.15. The molecule has 6 nitrogen and oxygen atoms in total. The molecule has 1 atom stereocenters. The maximum absolute atomic E-state index is 11.8. The lowest BCUT2D eigenvalue weighted by molar-refractivity contribution is 0.0640. The molecule has 0 saturated carbocycles. The topological polar surface area (TPSA) is 82.6 Å². The number of hydrogen-bond donors (Lipinski definition) is 4. The Morgan fingerprint density at radius 2 is 2.32 bits per heavy atom. The summed E-state index contributed by atoms with van der Waals surface area (Å²) in [5.41, 5.74) is -0.253. The van der Waals surface area contributed by atoms with Gasteiger partial charge in [0.15, 0.2) is 0 Å². The third-order valence-corrected chi connectivity index (χ3v) is 3.15. The fourth-order valence-electron chi connectivity index (χ4n) is 2.04. The minimum Gasteiger partial charge on any atom is -0.495 e. The normalized spacial score (nSPS) is 22.0. The van der Waals surface area contributed by atoms with Crippen molar-refractivity contribution in [2.24, 2.45) is 0 Å². The Balaban J connectivity index is 1.87. The monoisotopic (exact) mass is 265 g/mol. The molecule has 1 aliphatic heterocycles. The van der Waals surface area contributed by atoms with Crippen molar-refractivity contribution in [1.29, 1.82) is 0 Å². The fraction of sp³-hybridized carbons (Fsp3) is 0.462. The van der Waals surface area contributed by atoms with E-state index in [9.17, 15) is 9.90 Å². The standard InChI is InChI=1S/C13H19N3O3/c1-19-11-5-3-2-4-10(11)16-12(17)15-9-13(18)6-7-14-8-13/h2-5,14,18H,6-9H2,1H3,(H2,15,16,17). The summed E-state index contributed by atoms with van der Waals surface area (Å²) in [5.74, 6) is 0.596. The number of anilines is 1. The molecule has 104 valence electrons. The van der Waals surface area contributed by atoms with Gasteiger partial charge in [0.2, 0.25) is 0 Å². The van der Waals surface area contributed by atoms with Gasteiger partial charge in [0, 0.05) is 13.1 Å². The van der Waals surface area contributed by atoms with Gasteiger partial charge in [0.1, 0.15) is 5.75 Å². The van der Waals surface area contributed by atoms with Gasteiger partial charge in [0.25, 0.3) is 0 Å². The maximum atomic E-state index is 11.8. The van der Waals surface area contributed by atoms with E-state index in [1.807, 2.05) is 12.1 Å². The zero-order valence-corrected chi connectivity index (χ0v) is 10.9. The van der Waals surface area contributed by atoms with Crippen molar-refractivity contribution in [2.75, 3.05) is 32.1 Å². The van der Waals surface area contributed by atoms with Crippen LogP contribution in [-0.2, 0) is 0 Å². The summed E-state index contributed by atoms with van der Waals surface area (Å²) in [6.45, 7) is 1.50. The number of carbonyl (C=O) groups is 1. The molecule has 1 unspecified atom stereocenters. The first-order chi connectivity index (χ1) is 9.13. The molecule has 0 bridgehead atoms. The number of rotatable bonds is 4. The first kappa shape index (κ1) is 13.6. The number of methoxy groups -OCH3 is 1. The maximum Gasteiger partial charge on any atom is 0.319 e. The second-order valence-corrected chi connectivity index (χ2v) is 4.66. The van der Waals surface area contributed by atoms with Crippen LogP contribution >= 0.6 is 0 Å². The van der Waals surface area contributed by atoms with E-state index in [0.717, 1.165) is 6.54 Å². The van der Waals surface area contributed by atoms with Crippen LogP contribution in [0.15, 0.2) is 24.3 Å². The van der Waals surface area contributed by atoms with Gasteiger partial charge in [-0.3, -0.25) is 0 Å². The van der Waals surface area contributed by atoms with Crippen molar-refractivity contribution < 1.29 is 14.6 Å². The zero-order chi connectivity index (χ0) is 13.7. The van der Waals surface area contributed by atoms with Crippen molar-refractivity contribution in [1.82, 2.24) is 10.6 Å². The van der Waals surface area contributed by atoms with Crippen molar-refractivity contribution in [2.45, 2.75) is 12.0 Å². The molecule has 1 aromatic carbocycles. The van der Waals surface area contributed by atoms with Crippen LogP contribution in [0.4, 0.5) is 10.5 Å². The van der Waals surface area contributed by atoms with Gasteiger partial charge in [0.05, 0.1) is 18.4 Å². The average molecular weight is 265 g/mol. The Morgan fingerprint density at radius 1 is 1.53 bits per heavy atom. The van der Waals surface area contributed by atoms with Crippen molar-refractivity contribution in [3.8, 4) is 5.75 Å². The van der Waals surface area contributed by atoms with E-state index in [4.69, 9.17) is 4.74 Å². The summed E-state index contributed by atoms with van der Waals surface area (Å²) >= 11 is 0. The number of β-amino-alcohol motifs (C(OH)–C–C–N with tert-alkyl or cyclic N) is 1. The molecule has 1 fully saturated rings. The smallest absolute Gasteiger partial charge is 0.319 e. The second-order valence-electron chi connectivity index (χ2n) is 4.66. The molecule has 0 spiro atoms. The van der Waals surface area contributed by atoms with Gasteiger partial charge < -0.3 is 25.8 Å². The Hall–Kier alpha value is -1.79. The summed E-state index contributed by atoms with van der Waals surface area (Å²) in [4.78, 5) is 11.8. The second kappa shape index (κ2) is 5.90. The Morgan fingerprint density at radius 3 is 3.00 bits per heavy atom. The lowest BCUT2D eigenvalue weighted by Gasteiger charge is -2.21. The number of urea groups is 1. The summed E-state index contributed by atoms with van der Waals surface area (Å²) in [7, 11) is 1.55. The van der Waals surface area contributed by atoms with E-state index in [1.165, 1.54) is 0 Å². The van der Waals surface area contributed by atoms with Crippen LogP contribution in [0, 0.1) is 0 Å². The highest BCUT2D eigenvalue weighted by Crippen LogP contribution is 2.22. The highest BCUT2D eigenvalue weighted by molar-refractivity contribution is 5.90. The van der Waals surface area contributed by atoms with Gasteiger partial charge in [-0.15, -0.1) is 0 Å². The third kappa shape index (κ3) is 3.59. The summed E-state index contributed by atoms with van der Waals surface area (Å²) in [6, 6.07) is 6.81. The van der Waals surface area contributed by atoms with Crippen LogP contribution in [-0.4, -0.2) is 43.5 Å². The molecule has 19 heavy (non-hydrogen) atoms. The molecule has 1 aromatic rings. The van der Waals surface area contributed by atoms with Crippen LogP contribution in [0.2, 0.25) is 0 Å². The van der Waals surface area contributed by atoms with E-state index >= 15 is 0 Å². The van der Waals surface area contributed by atoms with Crippen LogP contribution in [0.5, 0.6) is 5.75 Å². The van der Waals surface area contributed by atoms with Crippen molar-refractivity contribution in [3.05, 3.63) is 24.3 Å². The van der Waals surface area contributed by atoms with Crippen LogP contribution in [0.1, 0.15) is 6.42 Å². The highest BCUT2D eigenvalue weighted by atomic mass is 16.5. The predicted molar refractivity (Wildman–Crippen MR) is 72.5 cm³/mol. The van der Waals surface area contributed by atoms with Crippen LogP contribution < -0.4 is 20.7 Å². The minimum absolute atomic E-state index is 0.223. The number of ether oxygens (including phenoxy) is 1. The Bertz CT molecular complexity index is 445. The van der Waals surface area contributed by atoms with Crippen molar-refractivity contribution >= 4 is 11.7 Å². The molecular formula is C13H19N3O3. The first-order valence-corrected chi connectivity index (χ1v) is 6.24. The van der Waals surface area contributed by atoms with E-state index in [1.54, 1.807) is 19.2 Å². The molecule has 2 amide bonds. The molecule has 4 N–H and O–H groups in total. The molecule has 2 rings (SSSR count). The molecule has 1 heterocycles. The van der Waals surface area contributed by atoms with Crippen molar-refractivity contribution in [3.63, 3.8) is 0 Å². The highest BCUT2D eigenvalue weighted by Gasteiger charge is 2.31. The predicted octanol–water partition coefficient (Wildman–Crippen LogP) is 0.541. The van der Waals surface area contributed by atoms with Gasteiger partial charge in [-0.2, -0.15) is 0 Å². The summed E-state index contributed by atoms with van der Waals surface area (Å²) < 4.78 is 5.14. The molecule has 1 saturated heterocycles. The quantitative estimate of drug-likeness (QED) is 0.640. The SMILES string of the molecule is COc1ccccc1NC(=O)NCC1(O)CCNC1. The number of amides is 2. The van der Waals surface area contributed by atoms with Gasteiger partial charge in [-0.1, -0.05) is 12.1 Å². The number of benzene rings is 1. The number of carbonyl (C=O) groups excluding carboxylic acids is 1. The van der Waals surface area contributed by atoms with E-state index in [2.05, 4.69) is 16.0 Å². The van der Waals surface area contributed by atoms with Crippen LogP contribution in [0.25, 0.3) is 0 Å². The number of nitrogens with one attached hydrogen (secondary N) is 3. The molecule has 6 heteroatoms. The number of para-hydroxylation sites is 2. The fourth-order valence-corrected chi connectivity index (χ4v) is 2.04. The zero-order valence-electron chi connectivity index (χ0n) is 10.9. The number of aliphatic hydroxyl groups is 1. The van der Waals surface area contributed by atoms with Gasteiger partial charge in [-0.05, 0) is 25.1 Å². The first-order valence-electron chi connectivity index (χ1n) is 6.24. The lowest BCUT2D eigenvalue weighted by atomic mass is 10.0. The Labute approximate surface area is 112 Å². The largest absolute Gasteiger partial charge is 0.495 e. The molecule has 0 aliphatic carbocycles. The van der Waals surface area contributed by atoms with Gasteiger partial charge in [-0.25, -0.2) is 4.79 Å². The number of hydrogen-bond acceptors (Lipinski definition) is 4. The summed E-state index contributed by atoms with van der Waals surface area (Å²) in [5, 5.41) is 18.5.